The van der Waals surface area contributed by atoms with Crippen molar-refractivity contribution >= 4 is 23.5 Å². The van der Waals surface area contributed by atoms with Crippen molar-refractivity contribution in [3.63, 3.8) is 0 Å². The molecule has 1 saturated carbocycles. The lowest BCUT2D eigenvalue weighted by Crippen LogP contribution is -2.38. The van der Waals surface area contributed by atoms with Crippen molar-refractivity contribution in [2.24, 2.45) is 5.92 Å². The SMILES string of the molecule is CC(CC(=O)Nc1ccc(CC(=O)O)c(F)c1)NC(=O)C1CCCC1. The minimum atomic E-state index is -1.12. The van der Waals surface area contributed by atoms with E-state index >= 15 is 0 Å². The number of carboxylic acids is 1. The largest absolute Gasteiger partial charge is 0.481 e. The van der Waals surface area contributed by atoms with Crippen LogP contribution in [0.5, 0.6) is 0 Å². The summed E-state index contributed by atoms with van der Waals surface area (Å²) in [5, 5.41) is 14.1. The van der Waals surface area contributed by atoms with Gasteiger partial charge in [0.25, 0.3) is 0 Å². The maximum atomic E-state index is 13.8. The number of carbonyl (C=O) groups is 3. The molecule has 1 fully saturated rings. The number of carboxylic acid groups (broad SMARTS) is 1. The van der Waals surface area contributed by atoms with Gasteiger partial charge in [0.2, 0.25) is 11.8 Å². The number of aliphatic carboxylic acids is 1. The first-order valence-electron chi connectivity index (χ1n) is 8.45. The Bertz CT molecular complexity index is 656. The molecule has 0 aliphatic heterocycles. The quantitative estimate of drug-likeness (QED) is 0.704. The van der Waals surface area contributed by atoms with Crippen molar-refractivity contribution in [2.45, 2.75) is 51.5 Å². The fraction of sp³-hybridized carbons (Fsp3) is 0.500. The van der Waals surface area contributed by atoms with E-state index in [1.165, 1.54) is 12.1 Å². The van der Waals surface area contributed by atoms with E-state index in [0.717, 1.165) is 31.7 Å². The van der Waals surface area contributed by atoms with Gasteiger partial charge < -0.3 is 15.7 Å². The molecule has 2 rings (SSSR count). The average molecular weight is 350 g/mol. The average Bonchev–Trinajstić information content (AvgIpc) is 3.03. The molecular formula is C18H23FN2O4. The summed E-state index contributed by atoms with van der Waals surface area (Å²) in [5.74, 6) is -2.11. The molecule has 25 heavy (non-hydrogen) atoms. The first-order chi connectivity index (χ1) is 11.8. The van der Waals surface area contributed by atoms with E-state index in [4.69, 9.17) is 5.11 Å². The minimum absolute atomic E-state index is 0.0122. The van der Waals surface area contributed by atoms with Gasteiger partial charge in [-0.15, -0.1) is 0 Å². The van der Waals surface area contributed by atoms with Gasteiger partial charge >= 0.3 is 5.97 Å². The molecular weight excluding hydrogens is 327 g/mol. The molecule has 1 aromatic rings. The Morgan fingerprint density at radius 1 is 1.28 bits per heavy atom. The number of nitrogens with one attached hydrogen (secondary N) is 2. The van der Waals surface area contributed by atoms with E-state index in [1.54, 1.807) is 6.92 Å². The Morgan fingerprint density at radius 2 is 1.96 bits per heavy atom. The topological polar surface area (TPSA) is 95.5 Å². The van der Waals surface area contributed by atoms with Crippen LogP contribution >= 0.6 is 0 Å². The molecule has 1 aromatic carbocycles. The molecule has 136 valence electrons. The number of hydrogen-bond acceptors (Lipinski definition) is 3. The molecule has 7 heteroatoms. The number of benzene rings is 1. The van der Waals surface area contributed by atoms with Crippen LogP contribution in [0, 0.1) is 11.7 Å². The van der Waals surface area contributed by atoms with Gasteiger partial charge in [-0.1, -0.05) is 18.9 Å². The first kappa shape index (κ1) is 18.9. The van der Waals surface area contributed by atoms with E-state index in [1.807, 2.05) is 0 Å². The highest BCUT2D eigenvalue weighted by Crippen LogP contribution is 2.24. The van der Waals surface area contributed by atoms with Crippen molar-refractivity contribution in [1.82, 2.24) is 5.32 Å². The molecule has 6 nitrogen and oxygen atoms in total. The maximum absolute atomic E-state index is 13.8. The van der Waals surface area contributed by atoms with Gasteiger partial charge in [0.15, 0.2) is 0 Å². The van der Waals surface area contributed by atoms with E-state index < -0.39 is 18.2 Å². The second kappa shape index (κ2) is 8.60. The molecule has 2 amide bonds. The van der Waals surface area contributed by atoms with E-state index in [-0.39, 0.29) is 41.4 Å². The fourth-order valence-electron chi connectivity index (χ4n) is 3.02. The highest BCUT2D eigenvalue weighted by molar-refractivity contribution is 5.91. The Balaban J connectivity index is 1.83. The highest BCUT2D eigenvalue weighted by atomic mass is 19.1. The summed E-state index contributed by atoms with van der Waals surface area (Å²) in [5.41, 5.74) is 0.314. The summed E-state index contributed by atoms with van der Waals surface area (Å²) in [7, 11) is 0. The normalized spacial score (nSPS) is 15.6. The van der Waals surface area contributed by atoms with Crippen molar-refractivity contribution in [2.75, 3.05) is 5.32 Å². The number of anilines is 1. The molecule has 0 saturated heterocycles. The second-order valence-corrected chi connectivity index (χ2v) is 6.52. The van der Waals surface area contributed by atoms with Crippen LogP contribution in [-0.4, -0.2) is 28.9 Å². The second-order valence-electron chi connectivity index (χ2n) is 6.52. The number of amides is 2. The predicted molar refractivity (Wildman–Crippen MR) is 90.5 cm³/mol. The third kappa shape index (κ3) is 5.85. The summed E-state index contributed by atoms with van der Waals surface area (Å²) in [6.07, 6.45) is 3.59. The number of halogens is 1. The van der Waals surface area contributed by atoms with E-state index in [0.29, 0.717) is 0 Å². The lowest BCUT2D eigenvalue weighted by atomic mass is 10.1. The third-order valence-electron chi connectivity index (χ3n) is 4.28. The summed E-state index contributed by atoms with van der Waals surface area (Å²) in [6, 6.07) is 3.58. The molecule has 1 aliphatic rings. The third-order valence-corrected chi connectivity index (χ3v) is 4.28. The van der Waals surface area contributed by atoms with Crippen molar-refractivity contribution in [3.8, 4) is 0 Å². The molecule has 1 atom stereocenters. The first-order valence-corrected chi connectivity index (χ1v) is 8.45. The van der Waals surface area contributed by atoms with Crippen LogP contribution in [0.3, 0.4) is 0 Å². The Labute approximate surface area is 145 Å². The highest BCUT2D eigenvalue weighted by Gasteiger charge is 2.24. The van der Waals surface area contributed by atoms with E-state index in [9.17, 15) is 18.8 Å². The van der Waals surface area contributed by atoms with Gasteiger partial charge in [0.1, 0.15) is 5.82 Å². The molecule has 1 aliphatic carbocycles. The van der Waals surface area contributed by atoms with Gasteiger partial charge in [-0.3, -0.25) is 14.4 Å². The monoisotopic (exact) mass is 350 g/mol. The molecule has 1 unspecified atom stereocenters. The summed E-state index contributed by atoms with van der Waals surface area (Å²) in [6.45, 7) is 1.75. The molecule has 3 N–H and O–H groups in total. The smallest absolute Gasteiger partial charge is 0.307 e. The van der Waals surface area contributed by atoms with Gasteiger partial charge in [-0.25, -0.2) is 4.39 Å². The van der Waals surface area contributed by atoms with Gasteiger partial charge in [-0.05, 0) is 37.5 Å². The van der Waals surface area contributed by atoms with Crippen LogP contribution in [0.15, 0.2) is 18.2 Å². The minimum Gasteiger partial charge on any atom is -0.481 e. The molecule has 0 heterocycles. The van der Waals surface area contributed by atoms with E-state index in [2.05, 4.69) is 10.6 Å². The molecule has 0 bridgehead atoms. The summed E-state index contributed by atoms with van der Waals surface area (Å²) in [4.78, 5) is 34.7. The standard InChI is InChI=1S/C18H23FN2O4/c1-11(20-18(25)12-4-2-3-5-12)8-16(22)21-14-7-6-13(9-17(23)24)15(19)10-14/h6-7,10-12H,2-5,8-9H2,1H3,(H,20,25)(H,21,22)(H,23,24). The fourth-order valence-corrected chi connectivity index (χ4v) is 3.02. The number of hydrogen-bond donors (Lipinski definition) is 3. The van der Waals surface area contributed by atoms with Crippen LogP contribution in [-0.2, 0) is 20.8 Å². The Hall–Kier alpha value is -2.44. The van der Waals surface area contributed by atoms with Crippen LogP contribution in [0.2, 0.25) is 0 Å². The molecule has 0 radical (unpaired) electrons. The lowest BCUT2D eigenvalue weighted by Gasteiger charge is -2.17. The van der Waals surface area contributed by atoms with Crippen LogP contribution in [0.25, 0.3) is 0 Å². The zero-order valence-electron chi connectivity index (χ0n) is 14.2. The number of rotatable bonds is 7. The Kier molecular flexibility index (Phi) is 6.50. The van der Waals surface area contributed by atoms with Crippen molar-refractivity contribution < 1.29 is 23.9 Å². The van der Waals surface area contributed by atoms with Gasteiger partial charge in [0, 0.05) is 24.1 Å². The van der Waals surface area contributed by atoms with Gasteiger partial charge in [0.05, 0.1) is 6.42 Å². The van der Waals surface area contributed by atoms with Crippen LogP contribution < -0.4 is 10.6 Å². The van der Waals surface area contributed by atoms with Gasteiger partial charge in [-0.2, -0.15) is 0 Å². The van der Waals surface area contributed by atoms with Crippen molar-refractivity contribution in [1.29, 1.82) is 0 Å². The maximum Gasteiger partial charge on any atom is 0.307 e. The lowest BCUT2D eigenvalue weighted by molar-refractivity contribution is -0.136. The zero-order valence-corrected chi connectivity index (χ0v) is 14.2. The van der Waals surface area contributed by atoms with Crippen LogP contribution in [0.4, 0.5) is 10.1 Å². The van der Waals surface area contributed by atoms with Crippen molar-refractivity contribution in [3.05, 3.63) is 29.6 Å². The number of carbonyl (C=O) groups excluding carboxylic acids is 2. The molecule has 0 aromatic heterocycles. The van der Waals surface area contributed by atoms with Crippen LogP contribution in [0.1, 0.15) is 44.6 Å². The summed E-state index contributed by atoms with van der Waals surface area (Å²) < 4.78 is 13.8. The summed E-state index contributed by atoms with van der Waals surface area (Å²) >= 11 is 0. The molecule has 0 spiro atoms. The predicted octanol–water partition coefficient (Wildman–Crippen LogP) is 2.48. The Morgan fingerprint density at radius 3 is 2.56 bits per heavy atom. The zero-order chi connectivity index (χ0) is 18.4.